The SMILES string of the molecule is Cc1ccc2nc(C(C)Cl)n(-c3cccc(Br)c3)c2c1. The molecule has 1 unspecified atom stereocenters. The minimum atomic E-state index is -0.151. The van der Waals surface area contributed by atoms with Gasteiger partial charge in [0.15, 0.2) is 0 Å². The van der Waals surface area contributed by atoms with Crippen LogP contribution in [0, 0.1) is 6.92 Å². The topological polar surface area (TPSA) is 17.8 Å². The van der Waals surface area contributed by atoms with Gasteiger partial charge in [-0.2, -0.15) is 0 Å². The highest BCUT2D eigenvalue weighted by molar-refractivity contribution is 9.10. The van der Waals surface area contributed by atoms with Crippen molar-refractivity contribution in [1.29, 1.82) is 0 Å². The van der Waals surface area contributed by atoms with E-state index in [4.69, 9.17) is 11.6 Å². The summed E-state index contributed by atoms with van der Waals surface area (Å²) in [6.07, 6.45) is 0. The summed E-state index contributed by atoms with van der Waals surface area (Å²) < 4.78 is 3.17. The standard InChI is InChI=1S/C16H14BrClN2/c1-10-6-7-14-15(8-10)20(16(19-14)11(2)18)13-5-3-4-12(17)9-13/h3-9,11H,1-2H3. The zero-order valence-corrected chi connectivity index (χ0v) is 13.6. The van der Waals surface area contributed by atoms with Crippen LogP contribution in [0.15, 0.2) is 46.9 Å². The summed E-state index contributed by atoms with van der Waals surface area (Å²) in [4.78, 5) is 4.68. The second-order valence-electron chi connectivity index (χ2n) is 4.89. The first-order valence-corrected chi connectivity index (χ1v) is 7.68. The van der Waals surface area contributed by atoms with Gasteiger partial charge in [0.25, 0.3) is 0 Å². The van der Waals surface area contributed by atoms with Gasteiger partial charge in [0.05, 0.1) is 16.4 Å². The van der Waals surface area contributed by atoms with Crippen LogP contribution in [-0.4, -0.2) is 9.55 Å². The zero-order chi connectivity index (χ0) is 14.3. The Labute approximate surface area is 131 Å². The van der Waals surface area contributed by atoms with Gasteiger partial charge in [0.2, 0.25) is 0 Å². The van der Waals surface area contributed by atoms with Gasteiger partial charge in [-0.3, -0.25) is 4.57 Å². The number of aryl methyl sites for hydroxylation is 1. The van der Waals surface area contributed by atoms with Crippen LogP contribution in [0.5, 0.6) is 0 Å². The highest BCUT2D eigenvalue weighted by Crippen LogP contribution is 2.29. The molecule has 0 aliphatic carbocycles. The Hall–Kier alpha value is -1.32. The normalized spacial score (nSPS) is 12.8. The molecule has 2 nitrogen and oxygen atoms in total. The summed E-state index contributed by atoms with van der Waals surface area (Å²) in [6.45, 7) is 4.03. The minimum absolute atomic E-state index is 0.151. The second-order valence-corrected chi connectivity index (χ2v) is 6.46. The van der Waals surface area contributed by atoms with Gasteiger partial charge in [0.1, 0.15) is 5.82 Å². The van der Waals surface area contributed by atoms with Crippen molar-refractivity contribution in [3.8, 4) is 5.69 Å². The number of aromatic nitrogens is 2. The highest BCUT2D eigenvalue weighted by Gasteiger charge is 2.16. The van der Waals surface area contributed by atoms with Crippen molar-refractivity contribution < 1.29 is 0 Å². The van der Waals surface area contributed by atoms with Crippen LogP contribution < -0.4 is 0 Å². The summed E-state index contributed by atoms with van der Waals surface area (Å²) in [6, 6.07) is 14.4. The van der Waals surface area contributed by atoms with Gasteiger partial charge in [0, 0.05) is 10.2 Å². The predicted octanol–water partition coefficient (Wildman–Crippen LogP) is 5.40. The molecular weight excluding hydrogens is 336 g/mol. The van der Waals surface area contributed by atoms with E-state index in [9.17, 15) is 0 Å². The average molecular weight is 350 g/mol. The monoisotopic (exact) mass is 348 g/mol. The minimum Gasteiger partial charge on any atom is -0.295 e. The molecule has 1 heterocycles. The van der Waals surface area contributed by atoms with E-state index in [2.05, 4.69) is 56.7 Å². The number of benzene rings is 2. The Morgan fingerprint density at radius 3 is 2.70 bits per heavy atom. The fraction of sp³-hybridized carbons (Fsp3) is 0.188. The van der Waals surface area contributed by atoms with Gasteiger partial charge in [-0.05, 0) is 49.7 Å². The Morgan fingerprint density at radius 1 is 1.20 bits per heavy atom. The third kappa shape index (κ3) is 2.36. The molecule has 0 saturated carbocycles. The molecule has 4 heteroatoms. The average Bonchev–Trinajstić information content (AvgIpc) is 2.77. The van der Waals surface area contributed by atoms with Crippen LogP contribution in [0.3, 0.4) is 0 Å². The van der Waals surface area contributed by atoms with Gasteiger partial charge >= 0.3 is 0 Å². The van der Waals surface area contributed by atoms with E-state index in [1.54, 1.807) is 0 Å². The number of alkyl halides is 1. The van der Waals surface area contributed by atoms with Gasteiger partial charge < -0.3 is 0 Å². The van der Waals surface area contributed by atoms with Crippen LogP contribution in [0.1, 0.15) is 23.7 Å². The fourth-order valence-electron chi connectivity index (χ4n) is 2.36. The van der Waals surface area contributed by atoms with Crippen LogP contribution in [0.2, 0.25) is 0 Å². The van der Waals surface area contributed by atoms with Crippen molar-refractivity contribution in [3.05, 3.63) is 58.3 Å². The number of fused-ring (bicyclic) bond motifs is 1. The maximum atomic E-state index is 6.31. The molecule has 0 aliphatic heterocycles. The molecule has 3 aromatic rings. The van der Waals surface area contributed by atoms with Crippen LogP contribution in [-0.2, 0) is 0 Å². The molecule has 0 spiro atoms. The lowest BCUT2D eigenvalue weighted by Crippen LogP contribution is -2.01. The number of hydrogen-bond acceptors (Lipinski definition) is 1. The number of imidazole rings is 1. The molecule has 0 aliphatic rings. The smallest absolute Gasteiger partial charge is 0.132 e. The first-order chi connectivity index (χ1) is 9.56. The van der Waals surface area contributed by atoms with Crippen molar-refractivity contribution in [2.45, 2.75) is 19.2 Å². The van der Waals surface area contributed by atoms with Crippen LogP contribution >= 0.6 is 27.5 Å². The van der Waals surface area contributed by atoms with E-state index in [1.165, 1.54) is 5.56 Å². The molecule has 0 bridgehead atoms. The second kappa shape index (κ2) is 5.23. The van der Waals surface area contributed by atoms with E-state index in [0.29, 0.717) is 0 Å². The Balaban J connectivity index is 2.36. The summed E-state index contributed by atoms with van der Waals surface area (Å²) in [5.74, 6) is 0.866. The summed E-state index contributed by atoms with van der Waals surface area (Å²) in [5.41, 5.74) is 4.33. The lowest BCUT2D eigenvalue weighted by atomic mass is 10.2. The number of hydrogen-bond donors (Lipinski definition) is 0. The summed E-state index contributed by atoms with van der Waals surface area (Å²) in [5, 5.41) is -0.151. The molecule has 0 saturated heterocycles. The first kappa shape index (κ1) is 13.7. The first-order valence-electron chi connectivity index (χ1n) is 6.45. The van der Waals surface area contributed by atoms with Crippen molar-refractivity contribution in [3.63, 3.8) is 0 Å². The maximum Gasteiger partial charge on any atom is 0.132 e. The quantitative estimate of drug-likeness (QED) is 0.567. The van der Waals surface area contributed by atoms with Gasteiger partial charge in [-0.25, -0.2) is 4.98 Å². The number of rotatable bonds is 2. The molecule has 0 radical (unpaired) electrons. The lowest BCUT2D eigenvalue weighted by Gasteiger charge is -2.11. The van der Waals surface area contributed by atoms with E-state index >= 15 is 0 Å². The molecule has 20 heavy (non-hydrogen) atoms. The lowest BCUT2D eigenvalue weighted by molar-refractivity contribution is 0.882. The highest BCUT2D eigenvalue weighted by atomic mass is 79.9. The van der Waals surface area contributed by atoms with E-state index < -0.39 is 0 Å². The maximum absolute atomic E-state index is 6.31. The van der Waals surface area contributed by atoms with Crippen molar-refractivity contribution in [1.82, 2.24) is 9.55 Å². The van der Waals surface area contributed by atoms with Gasteiger partial charge in [-0.1, -0.05) is 28.1 Å². The molecule has 0 amide bonds. The molecule has 1 atom stereocenters. The summed E-state index contributed by atoms with van der Waals surface area (Å²) >= 11 is 9.84. The third-order valence-electron chi connectivity index (χ3n) is 3.26. The Morgan fingerprint density at radius 2 is 2.00 bits per heavy atom. The Bertz CT molecular complexity index is 777. The molecule has 102 valence electrons. The van der Waals surface area contributed by atoms with Crippen LogP contribution in [0.25, 0.3) is 16.7 Å². The Kier molecular flexibility index (Phi) is 3.57. The molecule has 0 N–H and O–H groups in total. The molecule has 2 aromatic carbocycles. The van der Waals surface area contributed by atoms with Crippen molar-refractivity contribution in [2.24, 2.45) is 0 Å². The number of halogens is 2. The zero-order valence-electron chi connectivity index (χ0n) is 11.3. The predicted molar refractivity (Wildman–Crippen MR) is 87.8 cm³/mol. The molecule has 0 fully saturated rings. The van der Waals surface area contributed by atoms with Crippen molar-refractivity contribution >= 4 is 38.6 Å². The largest absolute Gasteiger partial charge is 0.295 e. The molecular formula is C16H14BrClN2. The molecule has 3 rings (SSSR count). The number of nitrogens with zero attached hydrogens (tertiary/aromatic N) is 2. The van der Waals surface area contributed by atoms with E-state index in [-0.39, 0.29) is 5.38 Å². The van der Waals surface area contributed by atoms with E-state index in [0.717, 1.165) is 27.0 Å². The van der Waals surface area contributed by atoms with E-state index in [1.807, 2.05) is 25.1 Å². The van der Waals surface area contributed by atoms with Crippen LogP contribution in [0.4, 0.5) is 0 Å². The van der Waals surface area contributed by atoms with Crippen molar-refractivity contribution in [2.75, 3.05) is 0 Å². The fourth-order valence-corrected chi connectivity index (χ4v) is 2.89. The van der Waals surface area contributed by atoms with Gasteiger partial charge in [-0.15, -0.1) is 11.6 Å². The molecule has 1 aromatic heterocycles. The third-order valence-corrected chi connectivity index (χ3v) is 3.95. The summed E-state index contributed by atoms with van der Waals surface area (Å²) in [7, 11) is 0.